The number of nitrogens with one attached hydrogen (secondary N) is 1. The molecule has 0 saturated carbocycles. The van der Waals surface area contributed by atoms with Crippen LogP contribution in [0.2, 0.25) is 0 Å². The second-order valence-corrected chi connectivity index (χ2v) is 8.51. The normalized spacial score (nSPS) is 15.3. The number of nitrogens with zero attached hydrogens (tertiary/aromatic N) is 4. The van der Waals surface area contributed by atoms with Crippen molar-refractivity contribution in [1.29, 1.82) is 0 Å². The third-order valence-electron chi connectivity index (χ3n) is 5.73. The van der Waals surface area contributed by atoms with E-state index in [0.717, 1.165) is 41.4 Å². The lowest BCUT2D eigenvalue weighted by Crippen LogP contribution is -2.37. The standard InChI is InChI=1S/C24H33N5O4/c1-16(2)21-14-26-29-23(28-5-7-32-8-6-28)12-22(27-24(21)29)17-9-19(31-4)11-20(10-17)33-15-18(30)13-25-3/h9-12,14,16,18,25,30H,5-8,13,15H2,1-4H3. The first kappa shape index (κ1) is 23.3. The fraction of sp³-hybridized carbons (Fsp3) is 0.500. The van der Waals surface area contributed by atoms with Gasteiger partial charge in [0.2, 0.25) is 0 Å². The molecule has 1 fully saturated rings. The predicted molar refractivity (Wildman–Crippen MR) is 128 cm³/mol. The third-order valence-corrected chi connectivity index (χ3v) is 5.73. The van der Waals surface area contributed by atoms with Crippen LogP contribution in [0.1, 0.15) is 25.3 Å². The molecule has 0 spiro atoms. The Morgan fingerprint density at radius 1 is 1.15 bits per heavy atom. The number of ether oxygens (including phenoxy) is 3. The van der Waals surface area contributed by atoms with Gasteiger partial charge in [0, 0.05) is 42.9 Å². The Labute approximate surface area is 194 Å². The fourth-order valence-electron chi connectivity index (χ4n) is 3.94. The molecule has 9 heteroatoms. The van der Waals surface area contributed by atoms with Gasteiger partial charge < -0.3 is 29.5 Å². The molecule has 1 aliphatic heterocycles. The molecule has 0 bridgehead atoms. The van der Waals surface area contributed by atoms with Crippen molar-refractivity contribution < 1.29 is 19.3 Å². The van der Waals surface area contributed by atoms with E-state index in [9.17, 15) is 5.11 Å². The zero-order valence-electron chi connectivity index (χ0n) is 19.7. The smallest absolute Gasteiger partial charge is 0.161 e. The lowest BCUT2D eigenvalue weighted by atomic mass is 10.1. The van der Waals surface area contributed by atoms with E-state index in [0.29, 0.717) is 37.2 Å². The van der Waals surface area contributed by atoms with Crippen LogP contribution < -0.4 is 19.7 Å². The Morgan fingerprint density at radius 2 is 1.91 bits per heavy atom. The number of aliphatic hydroxyl groups excluding tert-OH is 1. The van der Waals surface area contributed by atoms with Gasteiger partial charge in [-0.2, -0.15) is 9.61 Å². The molecule has 2 N–H and O–H groups in total. The van der Waals surface area contributed by atoms with Crippen LogP contribution in [0.15, 0.2) is 30.5 Å². The van der Waals surface area contributed by atoms with Crippen LogP contribution in [0.3, 0.4) is 0 Å². The molecule has 2 aromatic heterocycles. The van der Waals surface area contributed by atoms with Gasteiger partial charge in [-0.3, -0.25) is 0 Å². The van der Waals surface area contributed by atoms with Crippen LogP contribution >= 0.6 is 0 Å². The zero-order valence-corrected chi connectivity index (χ0v) is 19.7. The number of likely N-dealkylation sites (N-methyl/N-ethyl adjacent to an activating group) is 1. The molecule has 1 aromatic carbocycles. The first-order valence-electron chi connectivity index (χ1n) is 11.4. The quantitative estimate of drug-likeness (QED) is 0.508. The summed E-state index contributed by atoms with van der Waals surface area (Å²) in [5, 5.41) is 17.6. The van der Waals surface area contributed by atoms with Crippen molar-refractivity contribution in [2.45, 2.75) is 25.9 Å². The molecule has 1 unspecified atom stereocenters. The maximum atomic E-state index is 10.0. The summed E-state index contributed by atoms with van der Waals surface area (Å²) in [4.78, 5) is 7.28. The van der Waals surface area contributed by atoms with Crippen molar-refractivity contribution in [3.63, 3.8) is 0 Å². The minimum Gasteiger partial charge on any atom is -0.497 e. The highest BCUT2D eigenvalue weighted by Gasteiger charge is 2.20. The molecule has 178 valence electrons. The van der Waals surface area contributed by atoms with Crippen molar-refractivity contribution in [3.05, 3.63) is 36.0 Å². The lowest BCUT2D eigenvalue weighted by Gasteiger charge is -2.29. The van der Waals surface area contributed by atoms with Crippen LogP contribution in [-0.2, 0) is 4.74 Å². The Kier molecular flexibility index (Phi) is 7.32. The van der Waals surface area contributed by atoms with E-state index in [1.165, 1.54) is 0 Å². The van der Waals surface area contributed by atoms with E-state index in [2.05, 4.69) is 35.2 Å². The van der Waals surface area contributed by atoms with E-state index in [1.54, 1.807) is 14.2 Å². The molecule has 1 atom stereocenters. The van der Waals surface area contributed by atoms with Crippen molar-refractivity contribution in [2.24, 2.45) is 0 Å². The maximum absolute atomic E-state index is 10.0. The Balaban J connectivity index is 1.78. The van der Waals surface area contributed by atoms with Crippen LogP contribution in [0.5, 0.6) is 11.5 Å². The minimum absolute atomic E-state index is 0.180. The minimum atomic E-state index is -0.604. The summed E-state index contributed by atoms with van der Waals surface area (Å²) >= 11 is 0. The largest absolute Gasteiger partial charge is 0.497 e. The topological polar surface area (TPSA) is 93.4 Å². The number of fused-ring (bicyclic) bond motifs is 1. The molecule has 33 heavy (non-hydrogen) atoms. The van der Waals surface area contributed by atoms with Gasteiger partial charge in [-0.05, 0) is 25.1 Å². The SMILES string of the molecule is CNCC(O)COc1cc(OC)cc(-c2cc(N3CCOCC3)n3ncc(C(C)C)c3n2)c1. The van der Waals surface area contributed by atoms with Gasteiger partial charge in [0.25, 0.3) is 0 Å². The summed E-state index contributed by atoms with van der Waals surface area (Å²) in [5.74, 6) is 2.56. The second-order valence-electron chi connectivity index (χ2n) is 8.51. The first-order valence-corrected chi connectivity index (χ1v) is 11.4. The van der Waals surface area contributed by atoms with Crippen molar-refractivity contribution in [1.82, 2.24) is 19.9 Å². The summed E-state index contributed by atoms with van der Waals surface area (Å²) in [5.41, 5.74) is 3.63. The highest BCUT2D eigenvalue weighted by Crippen LogP contribution is 2.33. The molecule has 0 aliphatic carbocycles. The Morgan fingerprint density at radius 3 is 2.61 bits per heavy atom. The molecule has 1 saturated heterocycles. The van der Waals surface area contributed by atoms with E-state index in [4.69, 9.17) is 19.2 Å². The van der Waals surface area contributed by atoms with Crippen molar-refractivity contribution in [2.75, 3.05) is 58.5 Å². The first-order chi connectivity index (χ1) is 16.0. The molecule has 4 rings (SSSR count). The van der Waals surface area contributed by atoms with Gasteiger partial charge in [-0.15, -0.1) is 0 Å². The maximum Gasteiger partial charge on any atom is 0.161 e. The van der Waals surface area contributed by atoms with E-state index < -0.39 is 6.10 Å². The number of aliphatic hydroxyl groups is 1. The Bertz CT molecular complexity index is 1080. The predicted octanol–water partition coefficient (Wildman–Crippen LogP) is 2.32. The summed E-state index contributed by atoms with van der Waals surface area (Å²) in [6.07, 6.45) is 1.30. The van der Waals surface area contributed by atoms with Crippen molar-refractivity contribution >= 4 is 11.5 Å². The van der Waals surface area contributed by atoms with E-state index >= 15 is 0 Å². The molecule has 3 heterocycles. The van der Waals surface area contributed by atoms with Crippen molar-refractivity contribution in [3.8, 4) is 22.8 Å². The van der Waals surface area contributed by atoms with Gasteiger partial charge in [-0.25, -0.2) is 4.98 Å². The summed E-state index contributed by atoms with van der Waals surface area (Å²) in [7, 11) is 3.42. The van der Waals surface area contributed by atoms with Gasteiger partial charge in [0.1, 0.15) is 30.0 Å². The molecule has 3 aromatic rings. The van der Waals surface area contributed by atoms with Crippen LogP contribution in [0, 0.1) is 0 Å². The van der Waals surface area contributed by atoms with Gasteiger partial charge in [0.05, 0.1) is 32.2 Å². The van der Waals surface area contributed by atoms with Crippen LogP contribution in [0.4, 0.5) is 5.82 Å². The molecule has 0 amide bonds. The third kappa shape index (κ3) is 5.21. The molecular formula is C24H33N5O4. The highest BCUT2D eigenvalue weighted by molar-refractivity contribution is 5.71. The molecule has 9 nitrogen and oxygen atoms in total. The molecular weight excluding hydrogens is 422 g/mol. The van der Waals surface area contributed by atoms with Gasteiger partial charge >= 0.3 is 0 Å². The number of anilines is 1. The van der Waals surface area contributed by atoms with Gasteiger partial charge in [-0.1, -0.05) is 13.8 Å². The van der Waals surface area contributed by atoms with Crippen LogP contribution in [0.25, 0.3) is 16.9 Å². The highest BCUT2D eigenvalue weighted by atomic mass is 16.5. The number of rotatable bonds is 9. The van der Waals surface area contributed by atoms with Gasteiger partial charge in [0.15, 0.2) is 5.65 Å². The number of morpholine rings is 1. The monoisotopic (exact) mass is 455 g/mol. The number of hydrogen-bond donors (Lipinski definition) is 2. The second kappa shape index (κ2) is 10.4. The average Bonchev–Trinajstić information content (AvgIpc) is 3.27. The van der Waals surface area contributed by atoms with E-state index in [1.807, 2.05) is 28.9 Å². The number of aromatic nitrogens is 3. The van der Waals surface area contributed by atoms with E-state index in [-0.39, 0.29) is 6.61 Å². The number of methoxy groups -OCH3 is 1. The van der Waals surface area contributed by atoms with Crippen LogP contribution in [-0.4, -0.2) is 79.4 Å². The summed E-state index contributed by atoms with van der Waals surface area (Å²) in [6.45, 7) is 7.89. The number of hydrogen-bond acceptors (Lipinski definition) is 8. The fourth-order valence-corrected chi connectivity index (χ4v) is 3.94. The molecule has 0 radical (unpaired) electrons. The lowest BCUT2D eigenvalue weighted by molar-refractivity contribution is 0.108. The summed E-state index contributed by atoms with van der Waals surface area (Å²) < 4.78 is 18.9. The summed E-state index contributed by atoms with van der Waals surface area (Å²) in [6, 6.07) is 7.76. The number of benzene rings is 1. The molecule has 1 aliphatic rings. The average molecular weight is 456 g/mol. The Hall–Kier alpha value is -2.88. The zero-order chi connectivity index (χ0) is 23.4.